The van der Waals surface area contributed by atoms with Crippen molar-refractivity contribution in [2.24, 2.45) is 5.92 Å². The molecule has 1 fully saturated rings. The van der Waals surface area contributed by atoms with Crippen molar-refractivity contribution >= 4 is 8.07 Å². The van der Waals surface area contributed by atoms with Crippen LogP contribution in [0.4, 0.5) is 0 Å². The summed E-state index contributed by atoms with van der Waals surface area (Å²) in [5, 5.41) is 0.514. The molecule has 2 atom stereocenters. The molecule has 0 aliphatic heterocycles. The minimum absolute atomic E-state index is 0.514. The van der Waals surface area contributed by atoms with Gasteiger partial charge in [0.1, 0.15) is 5.75 Å². The van der Waals surface area contributed by atoms with Crippen LogP contribution < -0.4 is 4.74 Å². The van der Waals surface area contributed by atoms with E-state index in [1.165, 1.54) is 18.0 Å². The number of benzene rings is 1. The highest BCUT2D eigenvalue weighted by atomic mass is 28.3. The quantitative estimate of drug-likeness (QED) is 0.677. The van der Waals surface area contributed by atoms with Gasteiger partial charge in [-0.15, -0.1) is 0 Å². The summed E-state index contributed by atoms with van der Waals surface area (Å²) < 4.78 is 5.23. The van der Waals surface area contributed by atoms with Crippen molar-refractivity contribution in [3.63, 3.8) is 0 Å². The molecule has 0 amide bonds. The van der Waals surface area contributed by atoms with Crippen LogP contribution in [0.3, 0.4) is 0 Å². The molecule has 1 saturated carbocycles. The standard InChI is InChI=1S/C17H28OSi/c1-17(2,3)19(5,6)12-14-11-16(14)13-7-9-15(18-4)10-8-13/h7-10,14,16H,11-12H2,1-6H3/t14-,16-/m1/s1. The van der Waals surface area contributed by atoms with E-state index in [2.05, 4.69) is 58.1 Å². The van der Waals surface area contributed by atoms with Gasteiger partial charge in [-0.3, -0.25) is 0 Å². The summed E-state index contributed by atoms with van der Waals surface area (Å²) in [6.07, 6.45) is 1.39. The fraction of sp³-hybridized carbons (Fsp3) is 0.647. The van der Waals surface area contributed by atoms with E-state index in [0.29, 0.717) is 5.04 Å². The lowest BCUT2D eigenvalue weighted by Crippen LogP contribution is -2.37. The van der Waals surface area contributed by atoms with E-state index in [1.54, 1.807) is 7.11 Å². The van der Waals surface area contributed by atoms with Crippen LogP contribution in [-0.2, 0) is 0 Å². The molecule has 2 rings (SSSR count). The first kappa shape index (κ1) is 14.6. The third-order valence-corrected chi connectivity index (χ3v) is 10.9. The van der Waals surface area contributed by atoms with Gasteiger partial charge in [0.2, 0.25) is 0 Å². The molecule has 0 aromatic heterocycles. The zero-order valence-electron chi connectivity index (χ0n) is 13.3. The van der Waals surface area contributed by atoms with Gasteiger partial charge in [0, 0.05) is 0 Å². The topological polar surface area (TPSA) is 9.23 Å². The molecule has 0 bridgehead atoms. The maximum Gasteiger partial charge on any atom is 0.118 e. The maximum absolute atomic E-state index is 5.23. The SMILES string of the molecule is COc1ccc([C@H]2C[C@@H]2C[Si](C)(C)C(C)(C)C)cc1. The highest BCUT2D eigenvalue weighted by Crippen LogP contribution is 2.55. The van der Waals surface area contributed by atoms with Gasteiger partial charge in [0.15, 0.2) is 0 Å². The Hall–Kier alpha value is -0.763. The van der Waals surface area contributed by atoms with E-state index in [1.807, 2.05) is 0 Å². The van der Waals surface area contributed by atoms with Crippen molar-refractivity contribution in [3.05, 3.63) is 29.8 Å². The van der Waals surface area contributed by atoms with Gasteiger partial charge in [-0.25, -0.2) is 0 Å². The van der Waals surface area contributed by atoms with E-state index in [0.717, 1.165) is 17.6 Å². The smallest absolute Gasteiger partial charge is 0.118 e. The predicted octanol–water partition coefficient (Wildman–Crippen LogP) is 5.31. The number of hydrogen-bond donors (Lipinski definition) is 0. The van der Waals surface area contributed by atoms with Crippen LogP contribution in [0.2, 0.25) is 24.2 Å². The Morgan fingerprint density at radius 2 is 1.74 bits per heavy atom. The summed E-state index contributed by atoms with van der Waals surface area (Å²) in [6, 6.07) is 10.1. The van der Waals surface area contributed by atoms with Gasteiger partial charge in [0.25, 0.3) is 0 Å². The molecule has 0 saturated heterocycles. The molecule has 0 N–H and O–H groups in total. The zero-order valence-corrected chi connectivity index (χ0v) is 14.3. The minimum atomic E-state index is -1.12. The van der Waals surface area contributed by atoms with Crippen molar-refractivity contribution < 1.29 is 4.74 Å². The second kappa shape index (κ2) is 4.97. The van der Waals surface area contributed by atoms with E-state index >= 15 is 0 Å². The first-order chi connectivity index (χ1) is 8.74. The molecular formula is C17H28OSi. The van der Waals surface area contributed by atoms with Crippen LogP contribution in [-0.4, -0.2) is 15.2 Å². The van der Waals surface area contributed by atoms with Gasteiger partial charge >= 0.3 is 0 Å². The van der Waals surface area contributed by atoms with Crippen LogP contribution in [0.1, 0.15) is 38.7 Å². The van der Waals surface area contributed by atoms with Crippen LogP contribution in [0.15, 0.2) is 24.3 Å². The molecule has 1 aliphatic rings. The van der Waals surface area contributed by atoms with Crippen molar-refractivity contribution in [2.45, 2.75) is 57.3 Å². The monoisotopic (exact) mass is 276 g/mol. The first-order valence-electron chi connectivity index (χ1n) is 7.38. The van der Waals surface area contributed by atoms with Crippen LogP contribution in [0.25, 0.3) is 0 Å². The third-order valence-electron chi connectivity index (χ3n) is 5.27. The number of methoxy groups -OCH3 is 1. The molecule has 0 spiro atoms. The summed E-state index contributed by atoms with van der Waals surface area (Å²) in [6.45, 7) is 12.4. The van der Waals surface area contributed by atoms with Crippen LogP contribution >= 0.6 is 0 Å². The highest BCUT2D eigenvalue weighted by Gasteiger charge is 2.45. The summed E-state index contributed by atoms with van der Waals surface area (Å²) in [4.78, 5) is 0. The molecule has 2 heteroatoms. The number of rotatable bonds is 4. The summed E-state index contributed by atoms with van der Waals surface area (Å²) in [5.74, 6) is 2.69. The molecule has 1 nitrogen and oxygen atoms in total. The number of hydrogen-bond acceptors (Lipinski definition) is 1. The average molecular weight is 276 g/mol. The molecule has 0 radical (unpaired) electrons. The summed E-state index contributed by atoms with van der Waals surface area (Å²) in [5.41, 5.74) is 1.50. The van der Waals surface area contributed by atoms with Crippen molar-refractivity contribution in [2.75, 3.05) is 7.11 Å². The lowest BCUT2D eigenvalue weighted by atomic mass is 10.1. The molecule has 106 valence electrons. The fourth-order valence-electron chi connectivity index (χ4n) is 2.69. The molecule has 1 aliphatic carbocycles. The van der Waals surface area contributed by atoms with Crippen molar-refractivity contribution in [1.82, 2.24) is 0 Å². The Kier molecular flexibility index (Phi) is 3.83. The summed E-state index contributed by atoms with van der Waals surface area (Å²) in [7, 11) is 0.606. The molecule has 0 unspecified atom stereocenters. The van der Waals surface area contributed by atoms with E-state index in [-0.39, 0.29) is 0 Å². The van der Waals surface area contributed by atoms with Gasteiger partial charge in [-0.05, 0) is 41.0 Å². The zero-order chi connectivity index (χ0) is 14.3. The van der Waals surface area contributed by atoms with Gasteiger partial charge in [0.05, 0.1) is 15.2 Å². The van der Waals surface area contributed by atoms with Gasteiger partial charge in [-0.1, -0.05) is 52.0 Å². The van der Waals surface area contributed by atoms with E-state index in [4.69, 9.17) is 4.74 Å². The van der Waals surface area contributed by atoms with Crippen molar-refractivity contribution in [3.8, 4) is 5.75 Å². The first-order valence-corrected chi connectivity index (χ1v) is 10.6. The molecule has 1 aromatic carbocycles. The van der Waals surface area contributed by atoms with Crippen molar-refractivity contribution in [1.29, 1.82) is 0 Å². The van der Waals surface area contributed by atoms with E-state index < -0.39 is 8.07 Å². The molecule has 1 aromatic rings. The normalized spacial score (nSPS) is 23.3. The Morgan fingerprint density at radius 3 is 2.21 bits per heavy atom. The van der Waals surface area contributed by atoms with Crippen LogP contribution in [0.5, 0.6) is 5.75 Å². The third kappa shape index (κ3) is 3.22. The Labute approximate surface area is 119 Å². The Bertz CT molecular complexity index is 428. The Morgan fingerprint density at radius 1 is 1.16 bits per heavy atom. The lowest BCUT2D eigenvalue weighted by Gasteiger charge is -2.37. The van der Waals surface area contributed by atoms with Gasteiger partial charge in [-0.2, -0.15) is 0 Å². The molecule has 0 heterocycles. The fourth-order valence-corrected chi connectivity index (χ4v) is 5.07. The second-order valence-electron chi connectivity index (χ2n) is 7.71. The Balaban J connectivity index is 1.97. The number of ether oxygens (including phenoxy) is 1. The highest BCUT2D eigenvalue weighted by molar-refractivity contribution is 6.80. The molecule has 19 heavy (non-hydrogen) atoms. The average Bonchev–Trinajstić information content (AvgIpc) is 3.06. The maximum atomic E-state index is 5.23. The molecular weight excluding hydrogens is 248 g/mol. The summed E-state index contributed by atoms with van der Waals surface area (Å²) >= 11 is 0. The minimum Gasteiger partial charge on any atom is -0.497 e. The largest absolute Gasteiger partial charge is 0.497 e. The van der Waals surface area contributed by atoms with Gasteiger partial charge < -0.3 is 4.74 Å². The van der Waals surface area contributed by atoms with E-state index in [9.17, 15) is 0 Å². The lowest BCUT2D eigenvalue weighted by molar-refractivity contribution is 0.414. The predicted molar refractivity (Wildman–Crippen MR) is 85.8 cm³/mol. The van der Waals surface area contributed by atoms with Crippen LogP contribution in [0, 0.1) is 5.92 Å². The second-order valence-corrected chi connectivity index (χ2v) is 13.4.